The summed E-state index contributed by atoms with van der Waals surface area (Å²) >= 11 is 3.21. The highest BCUT2D eigenvalue weighted by Crippen LogP contribution is 2.41. The molecule has 3 nitrogen and oxygen atoms in total. The monoisotopic (exact) mass is 313 g/mol. The zero-order valence-electron chi connectivity index (χ0n) is 9.71. The number of carbonyl (C=O) groups excluding carboxylic acids is 1. The van der Waals surface area contributed by atoms with Crippen LogP contribution in [0.25, 0.3) is 0 Å². The number of nitrogens with one attached hydrogen (secondary N) is 1. The van der Waals surface area contributed by atoms with E-state index < -0.39 is 11.8 Å². The molecule has 2 atom stereocenters. The van der Waals surface area contributed by atoms with E-state index in [0.717, 1.165) is 36.7 Å². The Kier molecular flexibility index (Phi) is 3.00. The second kappa shape index (κ2) is 4.40. The highest BCUT2D eigenvalue weighted by Gasteiger charge is 2.44. The summed E-state index contributed by atoms with van der Waals surface area (Å²) in [7, 11) is 0. The van der Waals surface area contributed by atoms with E-state index in [0.29, 0.717) is 11.1 Å². The van der Waals surface area contributed by atoms with Crippen molar-refractivity contribution in [3.8, 4) is 0 Å². The van der Waals surface area contributed by atoms with Gasteiger partial charge in [0.15, 0.2) is 12.5 Å². The number of benzene rings is 1. The topological polar surface area (TPSA) is 38.3 Å². The summed E-state index contributed by atoms with van der Waals surface area (Å²) in [6.45, 7) is 0.421. The van der Waals surface area contributed by atoms with Gasteiger partial charge in [-0.3, -0.25) is 10.1 Å². The summed E-state index contributed by atoms with van der Waals surface area (Å²) in [6, 6.07) is 3.64. The maximum atomic E-state index is 14.1. The van der Waals surface area contributed by atoms with Crippen molar-refractivity contribution < 1.29 is 13.9 Å². The number of aldehydes is 1. The number of ether oxygens (including phenoxy) is 1. The molecule has 0 aromatic heterocycles. The van der Waals surface area contributed by atoms with E-state index in [1.54, 1.807) is 6.07 Å². The summed E-state index contributed by atoms with van der Waals surface area (Å²) in [4.78, 5) is 10.8. The Bertz CT molecular complexity index is 508. The maximum Gasteiger partial charge on any atom is 0.165 e. The first-order chi connectivity index (χ1) is 8.66. The van der Waals surface area contributed by atoms with Crippen molar-refractivity contribution in [2.45, 2.75) is 31.0 Å². The van der Waals surface area contributed by atoms with E-state index in [-0.39, 0.29) is 5.82 Å². The molecular weight excluding hydrogens is 301 g/mol. The van der Waals surface area contributed by atoms with Gasteiger partial charge in [0.25, 0.3) is 0 Å². The molecule has 1 fully saturated rings. The van der Waals surface area contributed by atoms with Gasteiger partial charge in [-0.2, -0.15) is 0 Å². The molecule has 3 rings (SSSR count). The fourth-order valence-electron chi connectivity index (χ4n) is 2.95. The van der Waals surface area contributed by atoms with Crippen molar-refractivity contribution in [1.82, 2.24) is 5.32 Å². The van der Waals surface area contributed by atoms with Crippen LogP contribution in [-0.2, 0) is 21.5 Å². The first kappa shape index (κ1) is 12.3. The highest BCUT2D eigenvalue weighted by molar-refractivity contribution is 9.10. The van der Waals surface area contributed by atoms with Crippen LogP contribution >= 0.6 is 15.9 Å². The van der Waals surface area contributed by atoms with Gasteiger partial charge in [0, 0.05) is 0 Å². The van der Waals surface area contributed by atoms with Gasteiger partial charge < -0.3 is 4.74 Å². The van der Waals surface area contributed by atoms with Crippen LogP contribution in [0.2, 0.25) is 0 Å². The molecule has 1 saturated heterocycles. The number of carbonyl (C=O) groups is 1. The Hall–Kier alpha value is -0.780. The molecule has 18 heavy (non-hydrogen) atoms. The number of fused-ring (bicyclic) bond motifs is 2. The minimum absolute atomic E-state index is 0.192. The van der Waals surface area contributed by atoms with Gasteiger partial charge in [-0.1, -0.05) is 6.07 Å². The summed E-state index contributed by atoms with van der Waals surface area (Å²) < 4.78 is 20.0. The third kappa shape index (κ3) is 1.73. The Morgan fingerprint density at radius 2 is 2.39 bits per heavy atom. The minimum atomic E-state index is -0.581. The van der Waals surface area contributed by atoms with E-state index in [2.05, 4.69) is 21.2 Å². The van der Waals surface area contributed by atoms with Crippen molar-refractivity contribution in [3.05, 3.63) is 33.5 Å². The molecule has 1 heterocycles. The largest absolute Gasteiger partial charge is 0.354 e. The van der Waals surface area contributed by atoms with Gasteiger partial charge >= 0.3 is 0 Å². The normalized spacial score (nSPS) is 30.4. The van der Waals surface area contributed by atoms with Crippen molar-refractivity contribution in [2.75, 3.05) is 6.61 Å². The van der Waals surface area contributed by atoms with Crippen LogP contribution in [0.3, 0.4) is 0 Å². The first-order valence-corrected chi connectivity index (χ1v) is 6.77. The Labute approximate surface area is 113 Å². The first-order valence-electron chi connectivity index (χ1n) is 5.98. The molecule has 2 aliphatic rings. The lowest BCUT2D eigenvalue weighted by atomic mass is 9.77. The van der Waals surface area contributed by atoms with Crippen LogP contribution in [0.1, 0.15) is 24.0 Å². The van der Waals surface area contributed by atoms with E-state index in [1.165, 1.54) is 0 Å². The van der Waals surface area contributed by atoms with E-state index in [4.69, 9.17) is 4.74 Å². The molecule has 1 N–H and O–H groups in total. The van der Waals surface area contributed by atoms with Crippen LogP contribution < -0.4 is 5.32 Å². The Balaban J connectivity index is 2.08. The van der Waals surface area contributed by atoms with Gasteiger partial charge in [-0.05, 0) is 52.4 Å². The predicted octanol–water partition coefficient (Wildman–Crippen LogP) is 2.26. The maximum absolute atomic E-state index is 14.1. The summed E-state index contributed by atoms with van der Waals surface area (Å²) in [5, 5.41) is 3.19. The molecular formula is C13H13BrFNO2. The molecule has 1 aromatic carbocycles. The zero-order chi connectivity index (χ0) is 12.8. The average Bonchev–Trinajstić information content (AvgIpc) is 2.79. The Morgan fingerprint density at radius 3 is 3.11 bits per heavy atom. The second-order valence-electron chi connectivity index (χ2n) is 4.84. The molecule has 1 unspecified atom stereocenters. The third-order valence-corrected chi connectivity index (χ3v) is 4.41. The SMILES string of the molecule is O=CC1N[C@]2(CCCc3c2ccc(Br)c3F)CO1. The molecule has 0 radical (unpaired) electrons. The molecule has 1 spiro atoms. The van der Waals surface area contributed by atoms with Crippen LogP contribution in [0, 0.1) is 5.82 Å². The molecule has 0 saturated carbocycles. The van der Waals surface area contributed by atoms with Crippen LogP contribution in [-0.4, -0.2) is 19.1 Å². The molecule has 0 amide bonds. The predicted molar refractivity (Wildman–Crippen MR) is 67.7 cm³/mol. The lowest BCUT2D eigenvalue weighted by Gasteiger charge is -2.35. The molecule has 0 bridgehead atoms. The summed E-state index contributed by atoms with van der Waals surface area (Å²) in [5.41, 5.74) is 1.26. The molecule has 96 valence electrons. The van der Waals surface area contributed by atoms with Gasteiger partial charge in [0.05, 0.1) is 16.6 Å². The van der Waals surface area contributed by atoms with Crippen molar-refractivity contribution in [2.24, 2.45) is 0 Å². The van der Waals surface area contributed by atoms with Crippen molar-refractivity contribution >= 4 is 22.2 Å². The molecule has 1 aliphatic heterocycles. The zero-order valence-corrected chi connectivity index (χ0v) is 11.3. The van der Waals surface area contributed by atoms with Crippen LogP contribution in [0.15, 0.2) is 16.6 Å². The summed E-state index contributed by atoms with van der Waals surface area (Å²) in [5.74, 6) is -0.192. The lowest BCUT2D eigenvalue weighted by molar-refractivity contribution is -0.116. The number of halogens is 2. The molecule has 1 aromatic rings. The molecule has 1 aliphatic carbocycles. The molecule has 5 heteroatoms. The average molecular weight is 314 g/mol. The van der Waals surface area contributed by atoms with Crippen molar-refractivity contribution in [1.29, 1.82) is 0 Å². The summed E-state index contributed by atoms with van der Waals surface area (Å²) in [6.07, 6.45) is 2.66. The van der Waals surface area contributed by atoms with Gasteiger partial charge in [-0.15, -0.1) is 0 Å². The van der Waals surface area contributed by atoms with E-state index in [9.17, 15) is 9.18 Å². The highest BCUT2D eigenvalue weighted by atomic mass is 79.9. The minimum Gasteiger partial charge on any atom is -0.354 e. The van der Waals surface area contributed by atoms with E-state index in [1.807, 2.05) is 6.07 Å². The second-order valence-corrected chi connectivity index (χ2v) is 5.69. The quantitative estimate of drug-likeness (QED) is 0.808. The van der Waals surface area contributed by atoms with Crippen molar-refractivity contribution in [3.63, 3.8) is 0 Å². The van der Waals surface area contributed by atoms with Gasteiger partial charge in [0.2, 0.25) is 0 Å². The van der Waals surface area contributed by atoms with Gasteiger partial charge in [0.1, 0.15) is 5.82 Å². The van der Waals surface area contributed by atoms with Gasteiger partial charge in [-0.25, -0.2) is 4.39 Å². The van der Waals surface area contributed by atoms with E-state index >= 15 is 0 Å². The standard InChI is InChI=1S/C13H13BrFNO2/c14-10-4-3-9-8(12(10)15)2-1-5-13(9)7-18-11(6-17)16-13/h3-4,6,11,16H,1-2,5,7H2/t11?,13-/m1/s1. The van der Waals surface area contributed by atoms with Crippen LogP contribution in [0.5, 0.6) is 0 Å². The number of hydrogen-bond donors (Lipinski definition) is 1. The Morgan fingerprint density at radius 1 is 1.56 bits per heavy atom. The smallest absolute Gasteiger partial charge is 0.165 e. The number of hydrogen-bond acceptors (Lipinski definition) is 3. The fourth-order valence-corrected chi connectivity index (χ4v) is 3.32. The van der Waals surface area contributed by atoms with Crippen LogP contribution in [0.4, 0.5) is 4.39 Å². The third-order valence-electron chi connectivity index (χ3n) is 3.79. The lowest BCUT2D eigenvalue weighted by Crippen LogP contribution is -2.45. The number of rotatable bonds is 1. The fraction of sp³-hybridized carbons (Fsp3) is 0.462.